The van der Waals surface area contributed by atoms with Crippen LogP contribution in [0.3, 0.4) is 0 Å². The highest BCUT2D eigenvalue weighted by Gasteiger charge is 2.23. The number of aromatic nitrogens is 3. The summed E-state index contributed by atoms with van der Waals surface area (Å²) in [5.41, 5.74) is 4.25. The molecule has 0 aliphatic heterocycles. The van der Waals surface area contributed by atoms with Crippen LogP contribution in [0.15, 0.2) is 66.7 Å². The lowest BCUT2D eigenvalue weighted by Crippen LogP contribution is -2.29. The molecule has 32 heavy (non-hydrogen) atoms. The topological polar surface area (TPSA) is 68.5 Å². The summed E-state index contributed by atoms with van der Waals surface area (Å²) in [5.74, 6) is 0.484. The van der Waals surface area contributed by atoms with Crippen LogP contribution in [0, 0.1) is 0 Å². The lowest BCUT2D eigenvalue weighted by atomic mass is 9.93. The first kappa shape index (κ1) is 21.6. The van der Waals surface area contributed by atoms with Gasteiger partial charge in [-0.1, -0.05) is 63.2 Å². The van der Waals surface area contributed by atoms with Crippen LogP contribution in [0.1, 0.15) is 55.5 Å². The standard InChI is InChI=1S/C26H28N4O2/c1-17(18-11-7-6-8-12-18)27-25(31)21-15-20(19-13-9-10-14-22(19)32-5)28-24-16-23(26(2,3)4)29-30(21)24/h6-17H,1-5H3,(H,27,31)/t17-/m1/s1. The number of ether oxygens (including phenoxy) is 1. The van der Waals surface area contributed by atoms with E-state index in [9.17, 15) is 4.79 Å². The minimum atomic E-state index is -0.214. The van der Waals surface area contributed by atoms with Crippen molar-refractivity contribution in [2.75, 3.05) is 7.11 Å². The zero-order chi connectivity index (χ0) is 22.9. The third-order valence-electron chi connectivity index (χ3n) is 5.46. The van der Waals surface area contributed by atoms with Gasteiger partial charge in [-0.3, -0.25) is 4.79 Å². The van der Waals surface area contributed by atoms with Gasteiger partial charge in [0.2, 0.25) is 0 Å². The Bertz CT molecular complexity index is 1260. The highest BCUT2D eigenvalue weighted by atomic mass is 16.5. The number of hydrogen-bond acceptors (Lipinski definition) is 4. The van der Waals surface area contributed by atoms with Crippen LogP contribution in [0.25, 0.3) is 16.9 Å². The third-order valence-corrected chi connectivity index (χ3v) is 5.46. The largest absolute Gasteiger partial charge is 0.496 e. The first-order chi connectivity index (χ1) is 15.3. The Kier molecular flexibility index (Phi) is 5.70. The molecule has 164 valence electrons. The van der Waals surface area contributed by atoms with Crippen LogP contribution in [0.4, 0.5) is 0 Å². The molecule has 1 N–H and O–H groups in total. The number of nitrogens with zero attached hydrogens (tertiary/aromatic N) is 3. The summed E-state index contributed by atoms with van der Waals surface area (Å²) in [7, 11) is 1.63. The van der Waals surface area contributed by atoms with Crippen LogP contribution in [0.2, 0.25) is 0 Å². The van der Waals surface area contributed by atoms with Crippen LogP contribution in [0.5, 0.6) is 5.75 Å². The van der Waals surface area contributed by atoms with Gasteiger partial charge in [-0.25, -0.2) is 9.50 Å². The first-order valence-electron chi connectivity index (χ1n) is 10.7. The molecule has 0 fully saturated rings. The fourth-order valence-electron chi connectivity index (χ4n) is 3.59. The quantitative estimate of drug-likeness (QED) is 0.475. The maximum absolute atomic E-state index is 13.4. The van der Waals surface area contributed by atoms with Gasteiger partial charge in [0, 0.05) is 17.0 Å². The first-order valence-corrected chi connectivity index (χ1v) is 10.7. The fraction of sp³-hybridized carbons (Fsp3) is 0.269. The number of rotatable bonds is 5. The molecule has 2 heterocycles. The van der Waals surface area contributed by atoms with Crippen LogP contribution in [-0.4, -0.2) is 27.6 Å². The molecule has 0 unspecified atom stereocenters. The molecule has 6 heteroatoms. The Balaban J connectivity index is 1.83. The summed E-state index contributed by atoms with van der Waals surface area (Å²) in [5, 5.41) is 7.83. The molecule has 2 aromatic heterocycles. The van der Waals surface area contributed by atoms with E-state index in [2.05, 4.69) is 26.1 Å². The number of fused-ring (bicyclic) bond motifs is 1. The highest BCUT2D eigenvalue weighted by Crippen LogP contribution is 2.30. The summed E-state index contributed by atoms with van der Waals surface area (Å²) in [4.78, 5) is 18.2. The van der Waals surface area contributed by atoms with Gasteiger partial charge in [0.05, 0.1) is 24.5 Å². The predicted octanol–water partition coefficient (Wildman–Crippen LogP) is 5.19. The van der Waals surface area contributed by atoms with Crippen LogP contribution < -0.4 is 10.1 Å². The predicted molar refractivity (Wildman–Crippen MR) is 126 cm³/mol. The van der Waals surface area contributed by atoms with Gasteiger partial charge in [-0.15, -0.1) is 0 Å². The molecule has 0 spiro atoms. The van der Waals surface area contributed by atoms with Crippen molar-refractivity contribution in [3.63, 3.8) is 0 Å². The summed E-state index contributed by atoms with van der Waals surface area (Å²) in [6.07, 6.45) is 0. The monoisotopic (exact) mass is 428 g/mol. The number of methoxy groups -OCH3 is 1. The van der Waals surface area contributed by atoms with Gasteiger partial charge in [0.15, 0.2) is 5.65 Å². The number of nitrogens with one attached hydrogen (secondary N) is 1. The van der Waals surface area contributed by atoms with Gasteiger partial charge < -0.3 is 10.1 Å². The van der Waals surface area contributed by atoms with Crippen molar-refractivity contribution in [1.29, 1.82) is 0 Å². The van der Waals surface area contributed by atoms with Crippen LogP contribution >= 0.6 is 0 Å². The molecule has 1 amide bonds. The summed E-state index contributed by atoms with van der Waals surface area (Å²) < 4.78 is 7.16. The summed E-state index contributed by atoms with van der Waals surface area (Å²) >= 11 is 0. The molecular weight excluding hydrogens is 400 g/mol. The molecule has 1 atom stereocenters. The molecule has 2 aromatic carbocycles. The van der Waals surface area contributed by atoms with Crippen molar-refractivity contribution in [2.45, 2.75) is 39.2 Å². The number of carbonyl (C=O) groups excluding carboxylic acids is 1. The number of hydrogen-bond donors (Lipinski definition) is 1. The molecule has 0 saturated heterocycles. The Morgan fingerprint density at radius 3 is 2.41 bits per heavy atom. The lowest BCUT2D eigenvalue weighted by Gasteiger charge is -2.16. The van der Waals surface area contributed by atoms with Crippen LogP contribution in [-0.2, 0) is 5.41 Å². The Morgan fingerprint density at radius 1 is 1.03 bits per heavy atom. The smallest absolute Gasteiger partial charge is 0.270 e. The van der Waals surface area contributed by atoms with E-state index in [1.54, 1.807) is 17.7 Å². The van der Waals surface area contributed by atoms with E-state index in [1.165, 1.54) is 0 Å². The molecule has 4 rings (SSSR count). The molecular formula is C26H28N4O2. The molecule has 0 aliphatic carbocycles. The summed E-state index contributed by atoms with van der Waals surface area (Å²) in [6, 6.07) is 21.1. The van der Waals surface area contributed by atoms with E-state index < -0.39 is 0 Å². The Morgan fingerprint density at radius 2 is 1.72 bits per heavy atom. The van der Waals surface area contributed by atoms with E-state index >= 15 is 0 Å². The number of carbonyl (C=O) groups is 1. The second-order valence-electron chi connectivity index (χ2n) is 8.88. The molecule has 4 aromatic rings. The maximum Gasteiger partial charge on any atom is 0.270 e. The van der Waals surface area contributed by atoms with Gasteiger partial charge in [0.25, 0.3) is 5.91 Å². The lowest BCUT2D eigenvalue weighted by molar-refractivity contribution is 0.0932. The summed E-state index contributed by atoms with van der Waals surface area (Å²) in [6.45, 7) is 8.24. The van der Waals surface area contributed by atoms with E-state index in [1.807, 2.05) is 67.6 Å². The van der Waals surface area contributed by atoms with E-state index in [0.717, 1.165) is 16.8 Å². The molecule has 0 radical (unpaired) electrons. The number of benzene rings is 2. The zero-order valence-electron chi connectivity index (χ0n) is 19.1. The van der Waals surface area contributed by atoms with E-state index in [4.69, 9.17) is 14.8 Å². The van der Waals surface area contributed by atoms with Crippen molar-refractivity contribution in [2.24, 2.45) is 0 Å². The Labute approximate surface area is 188 Å². The van der Waals surface area contributed by atoms with Crippen molar-refractivity contribution in [3.05, 3.63) is 83.7 Å². The van der Waals surface area contributed by atoms with E-state index in [-0.39, 0.29) is 17.4 Å². The van der Waals surface area contributed by atoms with Gasteiger partial charge >= 0.3 is 0 Å². The van der Waals surface area contributed by atoms with E-state index in [0.29, 0.717) is 22.8 Å². The van der Waals surface area contributed by atoms with Gasteiger partial charge in [-0.05, 0) is 30.7 Å². The Hall–Kier alpha value is -3.67. The second-order valence-corrected chi connectivity index (χ2v) is 8.88. The number of amides is 1. The van der Waals surface area contributed by atoms with Crippen molar-refractivity contribution < 1.29 is 9.53 Å². The fourth-order valence-corrected chi connectivity index (χ4v) is 3.59. The molecule has 6 nitrogen and oxygen atoms in total. The second kappa shape index (κ2) is 8.46. The minimum absolute atomic E-state index is 0.153. The van der Waals surface area contributed by atoms with Gasteiger partial charge in [-0.2, -0.15) is 5.10 Å². The normalized spacial score (nSPS) is 12.5. The maximum atomic E-state index is 13.4. The SMILES string of the molecule is COc1ccccc1-c1cc(C(=O)N[C@H](C)c2ccccc2)n2nc(C(C)(C)C)cc2n1. The van der Waals surface area contributed by atoms with Crippen molar-refractivity contribution in [1.82, 2.24) is 19.9 Å². The average Bonchev–Trinajstić information content (AvgIpc) is 3.24. The highest BCUT2D eigenvalue weighted by molar-refractivity contribution is 5.94. The number of para-hydroxylation sites is 1. The zero-order valence-corrected chi connectivity index (χ0v) is 19.1. The molecule has 0 bridgehead atoms. The average molecular weight is 429 g/mol. The molecule has 0 saturated carbocycles. The van der Waals surface area contributed by atoms with Crippen molar-refractivity contribution >= 4 is 11.6 Å². The van der Waals surface area contributed by atoms with Crippen molar-refractivity contribution in [3.8, 4) is 17.0 Å². The minimum Gasteiger partial charge on any atom is -0.496 e. The van der Waals surface area contributed by atoms with Gasteiger partial charge in [0.1, 0.15) is 11.4 Å². The molecule has 0 aliphatic rings. The third kappa shape index (κ3) is 4.21.